The number of nitrogens with two attached hydrogens (primary N) is 1. The topological polar surface area (TPSA) is 67.6 Å². The molecule has 84 valence electrons. The summed E-state index contributed by atoms with van der Waals surface area (Å²) in [6.07, 6.45) is 0. The zero-order chi connectivity index (χ0) is 11.8. The zero-order valence-electron chi connectivity index (χ0n) is 8.81. The number of aromatic amines is 1. The van der Waals surface area contributed by atoms with Gasteiger partial charge in [0.1, 0.15) is 11.0 Å². The Hall–Kier alpha value is -2.07. The van der Waals surface area contributed by atoms with E-state index in [2.05, 4.69) is 15.0 Å². The van der Waals surface area contributed by atoms with E-state index in [0.717, 1.165) is 16.9 Å². The van der Waals surface area contributed by atoms with Gasteiger partial charge >= 0.3 is 0 Å². The zero-order valence-corrected chi connectivity index (χ0v) is 9.57. The maximum Gasteiger partial charge on any atom is 0.179 e. The second kappa shape index (κ2) is 3.75. The minimum absolute atomic E-state index is 0.433. The first-order valence-electron chi connectivity index (χ1n) is 5.10. The maximum absolute atomic E-state index is 5.81. The standard InChI is InChI=1S/C12H9ClN4/c13-10-5-4-9-12(16-10)17-11(15-9)7-2-1-3-8(14)6-7/h1-6H,14H2,(H,15,16,17). The Morgan fingerprint density at radius 1 is 1.12 bits per heavy atom. The van der Waals surface area contributed by atoms with Crippen molar-refractivity contribution in [3.63, 3.8) is 0 Å². The van der Waals surface area contributed by atoms with Gasteiger partial charge in [0.05, 0.1) is 5.52 Å². The van der Waals surface area contributed by atoms with Gasteiger partial charge in [-0.15, -0.1) is 0 Å². The summed E-state index contributed by atoms with van der Waals surface area (Å²) in [4.78, 5) is 11.7. The van der Waals surface area contributed by atoms with Crippen LogP contribution in [-0.2, 0) is 0 Å². The lowest BCUT2D eigenvalue weighted by Crippen LogP contribution is -1.86. The number of benzene rings is 1. The largest absolute Gasteiger partial charge is 0.399 e. The molecular weight excluding hydrogens is 236 g/mol. The third-order valence-electron chi connectivity index (χ3n) is 2.47. The molecular formula is C12H9ClN4. The number of fused-ring (bicyclic) bond motifs is 1. The van der Waals surface area contributed by atoms with Gasteiger partial charge in [-0.1, -0.05) is 23.7 Å². The Labute approximate surface area is 102 Å². The first-order chi connectivity index (χ1) is 8.22. The monoisotopic (exact) mass is 244 g/mol. The minimum Gasteiger partial charge on any atom is -0.399 e. The highest BCUT2D eigenvalue weighted by atomic mass is 35.5. The van der Waals surface area contributed by atoms with Crippen molar-refractivity contribution in [3.05, 3.63) is 41.6 Å². The molecule has 0 aliphatic rings. The molecule has 0 aliphatic heterocycles. The first kappa shape index (κ1) is 10.1. The minimum atomic E-state index is 0.433. The first-order valence-corrected chi connectivity index (χ1v) is 5.48. The van der Waals surface area contributed by atoms with Crippen LogP contribution in [0.5, 0.6) is 0 Å². The normalized spacial score (nSPS) is 10.9. The van der Waals surface area contributed by atoms with Gasteiger partial charge in [0.2, 0.25) is 0 Å². The van der Waals surface area contributed by atoms with Crippen LogP contribution in [-0.4, -0.2) is 15.0 Å². The van der Waals surface area contributed by atoms with Gasteiger partial charge in [-0.25, -0.2) is 9.97 Å². The summed E-state index contributed by atoms with van der Waals surface area (Å²) in [6, 6.07) is 11.1. The Kier molecular flexibility index (Phi) is 2.23. The lowest BCUT2D eigenvalue weighted by atomic mass is 10.2. The molecule has 2 aromatic heterocycles. The number of hydrogen-bond acceptors (Lipinski definition) is 3. The van der Waals surface area contributed by atoms with E-state index in [-0.39, 0.29) is 0 Å². The van der Waals surface area contributed by atoms with Crippen LogP contribution in [0.25, 0.3) is 22.6 Å². The van der Waals surface area contributed by atoms with E-state index in [1.165, 1.54) is 0 Å². The smallest absolute Gasteiger partial charge is 0.179 e. The number of H-pyrrole nitrogens is 1. The summed E-state index contributed by atoms with van der Waals surface area (Å²) in [5, 5.41) is 0.433. The van der Waals surface area contributed by atoms with Crippen molar-refractivity contribution in [1.82, 2.24) is 15.0 Å². The molecule has 0 amide bonds. The number of halogens is 1. The van der Waals surface area contributed by atoms with Crippen molar-refractivity contribution in [1.29, 1.82) is 0 Å². The van der Waals surface area contributed by atoms with Gasteiger partial charge in [0.15, 0.2) is 5.65 Å². The van der Waals surface area contributed by atoms with E-state index in [9.17, 15) is 0 Å². The van der Waals surface area contributed by atoms with Crippen LogP contribution in [0.3, 0.4) is 0 Å². The number of nitrogens with one attached hydrogen (secondary N) is 1. The molecule has 0 saturated carbocycles. The molecule has 0 atom stereocenters. The molecule has 17 heavy (non-hydrogen) atoms. The molecule has 0 bridgehead atoms. The summed E-state index contributed by atoms with van der Waals surface area (Å²) in [5.41, 5.74) is 8.83. The van der Waals surface area contributed by atoms with Crippen LogP contribution in [0.2, 0.25) is 5.15 Å². The van der Waals surface area contributed by atoms with Crippen LogP contribution in [0.15, 0.2) is 36.4 Å². The SMILES string of the molecule is Nc1cccc(-c2nc3nc(Cl)ccc3[nH]2)c1. The Morgan fingerprint density at radius 2 is 2.00 bits per heavy atom. The average Bonchev–Trinajstić information content (AvgIpc) is 2.72. The lowest BCUT2D eigenvalue weighted by Gasteiger charge is -1.97. The van der Waals surface area contributed by atoms with Crippen molar-refractivity contribution in [2.75, 3.05) is 5.73 Å². The van der Waals surface area contributed by atoms with Gasteiger partial charge in [-0.3, -0.25) is 0 Å². The predicted octanol–water partition coefficient (Wildman–Crippen LogP) is 2.86. The molecule has 5 heteroatoms. The summed E-state index contributed by atoms with van der Waals surface area (Å²) in [6.45, 7) is 0. The fourth-order valence-electron chi connectivity index (χ4n) is 1.69. The molecule has 3 rings (SSSR count). The van der Waals surface area contributed by atoms with E-state index in [4.69, 9.17) is 17.3 Å². The van der Waals surface area contributed by atoms with Crippen LogP contribution >= 0.6 is 11.6 Å². The Bertz CT molecular complexity index is 690. The van der Waals surface area contributed by atoms with Crippen molar-refractivity contribution < 1.29 is 0 Å². The van der Waals surface area contributed by atoms with Crippen LogP contribution in [0, 0.1) is 0 Å². The molecule has 4 nitrogen and oxygen atoms in total. The molecule has 2 heterocycles. The molecule has 1 aromatic carbocycles. The number of nitrogen functional groups attached to an aromatic ring is 1. The molecule has 0 saturated heterocycles. The number of anilines is 1. The van der Waals surface area contributed by atoms with E-state index in [1.807, 2.05) is 30.3 Å². The third-order valence-corrected chi connectivity index (χ3v) is 2.68. The van der Waals surface area contributed by atoms with E-state index >= 15 is 0 Å². The predicted molar refractivity (Wildman–Crippen MR) is 68.7 cm³/mol. The molecule has 3 N–H and O–H groups in total. The van der Waals surface area contributed by atoms with Crippen molar-refractivity contribution in [2.24, 2.45) is 0 Å². The molecule has 0 aliphatic carbocycles. The summed E-state index contributed by atoms with van der Waals surface area (Å²) in [5.74, 6) is 0.738. The molecule has 0 radical (unpaired) electrons. The number of nitrogens with zero attached hydrogens (tertiary/aromatic N) is 2. The fourth-order valence-corrected chi connectivity index (χ4v) is 1.84. The van der Waals surface area contributed by atoms with Crippen LogP contribution < -0.4 is 5.73 Å². The van der Waals surface area contributed by atoms with Crippen molar-refractivity contribution >= 4 is 28.5 Å². The number of imidazole rings is 1. The summed E-state index contributed by atoms with van der Waals surface area (Å²) < 4.78 is 0. The summed E-state index contributed by atoms with van der Waals surface area (Å²) in [7, 11) is 0. The van der Waals surface area contributed by atoms with Crippen LogP contribution in [0.4, 0.5) is 5.69 Å². The summed E-state index contributed by atoms with van der Waals surface area (Å²) >= 11 is 5.81. The highest BCUT2D eigenvalue weighted by Gasteiger charge is 2.06. The number of pyridine rings is 1. The van der Waals surface area contributed by atoms with E-state index in [0.29, 0.717) is 16.5 Å². The molecule has 0 unspecified atom stereocenters. The molecule has 3 aromatic rings. The van der Waals surface area contributed by atoms with Crippen LogP contribution in [0.1, 0.15) is 0 Å². The average molecular weight is 245 g/mol. The number of rotatable bonds is 1. The lowest BCUT2D eigenvalue weighted by molar-refractivity contribution is 1.30. The van der Waals surface area contributed by atoms with E-state index < -0.39 is 0 Å². The van der Waals surface area contributed by atoms with Gasteiger partial charge in [0.25, 0.3) is 0 Å². The maximum atomic E-state index is 5.81. The van der Waals surface area contributed by atoms with Crippen molar-refractivity contribution in [2.45, 2.75) is 0 Å². The van der Waals surface area contributed by atoms with Crippen molar-refractivity contribution in [3.8, 4) is 11.4 Å². The van der Waals surface area contributed by atoms with Gasteiger partial charge in [0, 0.05) is 11.3 Å². The number of hydrogen-bond donors (Lipinski definition) is 2. The highest BCUT2D eigenvalue weighted by molar-refractivity contribution is 6.29. The quantitative estimate of drug-likeness (QED) is 0.511. The Morgan fingerprint density at radius 3 is 2.82 bits per heavy atom. The van der Waals surface area contributed by atoms with Gasteiger partial charge < -0.3 is 10.7 Å². The number of aromatic nitrogens is 3. The second-order valence-corrected chi connectivity index (χ2v) is 4.10. The van der Waals surface area contributed by atoms with Gasteiger partial charge in [-0.2, -0.15) is 0 Å². The second-order valence-electron chi connectivity index (χ2n) is 3.72. The molecule has 0 spiro atoms. The fraction of sp³-hybridized carbons (Fsp3) is 0. The van der Waals surface area contributed by atoms with Gasteiger partial charge in [-0.05, 0) is 24.3 Å². The molecule has 0 fully saturated rings. The van der Waals surface area contributed by atoms with E-state index in [1.54, 1.807) is 6.07 Å². The highest BCUT2D eigenvalue weighted by Crippen LogP contribution is 2.22. The third kappa shape index (κ3) is 1.83. The Balaban J connectivity index is 2.18.